The van der Waals surface area contributed by atoms with Crippen LogP contribution >= 0.6 is 0 Å². The number of hydrogen-bond acceptors (Lipinski definition) is 8. The van der Waals surface area contributed by atoms with E-state index in [0.29, 0.717) is 32.9 Å². The molecule has 2 aliphatic heterocycles. The number of carbonyl (C=O) groups excluding carboxylic acids is 4. The Kier molecular flexibility index (Phi) is 5.82. The second kappa shape index (κ2) is 8.73. The monoisotopic (exact) mass is 452 g/mol. The van der Waals surface area contributed by atoms with Gasteiger partial charge in [-0.25, -0.2) is 4.79 Å². The maximum atomic E-state index is 12.7. The van der Waals surface area contributed by atoms with Gasteiger partial charge in [0, 0.05) is 43.3 Å². The fraction of sp³-hybridized carbons (Fsp3) is 0.261. The molecule has 0 saturated carbocycles. The van der Waals surface area contributed by atoms with E-state index in [1.165, 1.54) is 31.3 Å². The number of likely N-dealkylation sites (N-methyl/N-ethyl adjacent to an activating group) is 1. The third kappa shape index (κ3) is 4.54. The van der Waals surface area contributed by atoms with Crippen molar-refractivity contribution < 1.29 is 33.5 Å². The third-order valence-corrected chi connectivity index (χ3v) is 5.37. The second-order valence-corrected chi connectivity index (χ2v) is 7.71. The van der Waals surface area contributed by atoms with Gasteiger partial charge >= 0.3 is 5.97 Å². The van der Waals surface area contributed by atoms with Crippen LogP contribution in [0.4, 0.5) is 0 Å². The van der Waals surface area contributed by atoms with Crippen molar-refractivity contribution in [2.45, 2.75) is 25.7 Å². The Labute approximate surface area is 187 Å². The molecule has 1 N–H and O–H groups in total. The van der Waals surface area contributed by atoms with Crippen molar-refractivity contribution in [3.8, 4) is 17.1 Å². The van der Waals surface area contributed by atoms with Crippen molar-refractivity contribution in [2.75, 3.05) is 13.6 Å². The van der Waals surface area contributed by atoms with E-state index in [2.05, 4.69) is 0 Å². The first-order valence-electron chi connectivity index (χ1n) is 10.2. The number of hydrogen-bond donors (Lipinski definition) is 1. The van der Waals surface area contributed by atoms with E-state index < -0.39 is 24.3 Å². The van der Waals surface area contributed by atoms with Crippen LogP contribution in [0.3, 0.4) is 0 Å². The average molecular weight is 452 g/mol. The van der Waals surface area contributed by atoms with Gasteiger partial charge in [0.1, 0.15) is 23.6 Å². The summed E-state index contributed by atoms with van der Waals surface area (Å²) in [6.45, 7) is -0.443. The van der Waals surface area contributed by atoms with Gasteiger partial charge in [-0.15, -0.1) is 5.06 Å². The van der Waals surface area contributed by atoms with E-state index in [-0.39, 0.29) is 42.8 Å². The maximum Gasteiger partial charge on any atom is 0.352 e. The molecular weight excluding hydrogens is 432 g/mol. The molecule has 0 atom stereocenters. The van der Waals surface area contributed by atoms with Gasteiger partial charge in [-0.05, 0) is 42.3 Å². The van der Waals surface area contributed by atoms with Crippen molar-refractivity contribution >= 4 is 34.7 Å². The highest BCUT2D eigenvalue weighted by Gasteiger charge is 2.33. The summed E-state index contributed by atoms with van der Waals surface area (Å²) in [4.78, 5) is 65.5. The van der Waals surface area contributed by atoms with E-state index in [4.69, 9.17) is 9.25 Å². The normalized spacial score (nSPS) is 13.7. The lowest BCUT2D eigenvalue weighted by Crippen LogP contribution is -2.38. The smallest absolute Gasteiger partial charge is 0.352 e. The number of fused-ring (bicyclic) bond motifs is 2. The lowest BCUT2D eigenvalue weighted by molar-refractivity contribution is -0.198. The maximum absolute atomic E-state index is 12.7. The zero-order valence-electron chi connectivity index (χ0n) is 17.7. The summed E-state index contributed by atoms with van der Waals surface area (Å²) in [5.41, 5.74) is 1.57. The van der Waals surface area contributed by atoms with E-state index >= 15 is 0 Å². The molecule has 33 heavy (non-hydrogen) atoms. The van der Waals surface area contributed by atoms with Crippen LogP contribution in [0.15, 0.2) is 45.6 Å². The predicted octanol–water partition coefficient (Wildman–Crippen LogP) is 1.60. The summed E-state index contributed by atoms with van der Waals surface area (Å²) >= 11 is 0. The lowest BCUT2D eigenvalue weighted by Gasteiger charge is -2.19. The Morgan fingerprint density at radius 1 is 1.09 bits per heavy atom. The van der Waals surface area contributed by atoms with Crippen LogP contribution in [0.1, 0.15) is 24.8 Å². The van der Waals surface area contributed by atoms with Crippen molar-refractivity contribution in [1.82, 2.24) is 9.96 Å². The minimum Gasteiger partial charge on any atom is -0.508 e. The fourth-order valence-corrected chi connectivity index (χ4v) is 3.71. The van der Waals surface area contributed by atoms with Gasteiger partial charge in [-0.2, -0.15) is 0 Å². The van der Waals surface area contributed by atoms with Crippen LogP contribution in [0.2, 0.25) is 0 Å². The highest BCUT2D eigenvalue weighted by atomic mass is 16.7. The van der Waals surface area contributed by atoms with E-state index in [1.54, 1.807) is 12.1 Å². The van der Waals surface area contributed by atoms with Gasteiger partial charge in [0.15, 0.2) is 5.43 Å². The van der Waals surface area contributed by atoms with Crippen LogP contribution in [0.25, 0.3) is 22.3 Å². The SMILES string of the molecule is CN(CC(=O)ON1C(=O)CCC1=O)C(=O)CCc1c2ccc(=O)cc-2oc2ccc(O)cc12. The molecule has 3 amide bonds. The molecule has 1 aromatic carbocycles. The Bertz CT molecular complexity index is 1300. The molecule has 10 nitrogen and oxygen atoms in total. The van der Waals surface area contributed by atoms with Crippen LogP contribution in [0, 0.1) is 0 Å². The number of hydroxylamine groups is 2. The Hall–Kier alpha value is -4.21. The van der Waals surface area contributed by atoms with Crippen molar-refractivity contribution in [3.63, 3.8) is 0 Å². The second-order valence-electron chi connectivity index (χ2n) is 7.71. The number of phenols is 1. The highest BCUT2D eigenvalue weighted by Crippen LogP contribution is 2.35. The zero-order chi connectivity index (χ0) is 23.7. The number of carbonyl (C=O) groups is 4. The molecule has 2 heterocycles. The summed E-state index contributed by atoms with van der Waals surface area (Å²) in [5.74, 6) is -2.10. The first-order valence-corrected chi connectivity index (χ1v) is 10.2. The molecule has 0 unspecified atom stereocenters. The van der Waals surface area contributed by atoms with E-state index in [9.17, 15) is 29.1 Å². The summed E-state index contributed by atoms with van der Waals surface area (Å²) in [6, 6.07) is 8.92. The Morgan fingerprint density at radius 3 is 2.55 bits per heavy atom. The number of aryl methyl sites for hydroxylation is 1. The minimum atomic E-state index is -0.906. The summed E-state index contributed by atoms with van der Waals surface area (Å²) in [5, 5.41) is 11.0. The zero-order valence-corrected chi connectivity index (χ0v) is 17.7. The predicted molar refractivity (Wildman–Crippen MR) is 114 cm³/mol. The molecular formula is C23H20N2O8. The number of nitrogens with zero attached hydrogens (tertiary/aromatic N) is 2. The standard InChI is InChI=1S/C23H20N2O8/c1-24(12-23(31)33-25-21(29)8-9-22(25)30)20(28)7-5-15-16-4-2-14(27)11-19(16)32-18-6-3-13(26)10-17(15)18/h2-4,6,10-11,26H,5,7-9,12H2,1H3. The molecule has 1 saturated heterocycles. The summed E-state index contributed by atoms with van der Waals surface area (Å²) in [6.07, 6.45) is 0.214. The van der Waals surface area contributed by atoms with Crippen LogP contribution in [-0.2, 0) is 30.4 Å². The van der Waals surface area contributed by atoms with Crippen molar-refractivity contribution in [3.05, 3.63) is 52.2 Å². The van der Waals surface area contributed by atoms with Crippen LogP contribution < -0.4 is 5.43 Å². The molecule has 0 bridgehead atoms. The van der Waals surface area contributed by atoms with Crippen molar-refractivity contribution in [1.29, 1.82) is 0 Å². The van der Waals surface area contributed by atoms with Crippen molar-refractivity contribution in [2.24, 2.45) is 0 Å². The van der Waals surface area contributed by atoms with Gasteiger partial charge in [-0.1, -0.05) is 0 Å². The molecule has 0 spiro atoms. The minimum absolute atomic E-state index is 0.00829. The molecule has 1 aromatic rings. The van der Waals surface area contributed by atoms with Crippen LogP contribution in [0.5, 0.6) is 5.75 Å². The number of imide groups is 1. The first-order chi connectivity index (χ1) is 15.7. The third-order valence-electron chi connectivity index (χ3n) is 5.37. The number of benzene rings is 2. The molecule has 1 fully saturated rings. The van der Waals surface area contributed by atoms with Gasteiger partial charge in [0.05, 0.1) is 0 Å². The largest absolute Gasteiger partial charge is 0.508 e. The molecule has 0 aromatic heterocycles. The molecule has 1 aliphatic carbocycles. The number of rotatable bonds is 6. The molecule has 10 heteroatoms. The van der Waals surface area contributed by atoms with Crippen LogP contribution in [-0.4, -0.2) is 52.4 Å². The molecule has 170 valence electrons. The number of phenolic OH excluding ortho intramolecular Hbond substituents is 1. The van der Waals surface area contributed by atoms with Gasteiger partial charge in [-0.3, -0.25) is 19.2 Å². The fourth-order valence-electron chi connectivity index (χ4n) is 3.71. The summed E-state index contributed by atoms with van der Waals surface area (Å²) < 4.78 is 5.78. The Morgan fingerprint density at radius 2 is 1.82 bits per heavy atom. The Balaban J connectivity index is 1.49. The lowest BCUT2D eigenvalue weighted by atomic mass is 9.95. The average Bonchev–Trinajstić information content (AvgIpc) is 3.08. The number of amides is 3. The molecule has 4 rings (SSSR count). The quantitative estimate of drug-likeness (QED) is 0.440. The highest BCUT2D eigenvalue weighted by molar-refractivity contribution is 6.01. The first kappa shape index (κ1) is 22.0. The molecule has 3 aliphatic rings. The number of aromatic hydroxyl groups is 1. The van der Waals surface area contributed by atoms with Gasteiger partial charge in [0.25, 0.3) is 11.8 Å². The van der Waals surface area contributed by atoms with Gasteiger partial charge < -0.3 is 19.3 Å². The van der Waals surface area contributed by atoms with Gasteiger partial charge in [0.2, 0.25) is 5.91 Å². The topological polar surface area (TPSA) is 134 Å². The molecule has 0 radical (unpaired) electrons. The van der Waals surface area contributed by atoms with E-state index in [0.717, 1.165) is 4.90 Å². The van der Waals surface area contributed by atoms with E-state index in [1.807, 2.05) is 0 Å². The summed E-state index contributed by atoms with van der Waals surface area (Å²) in [7, 11) is 1.41.